The molecule has 0 N–H and O–H groups in total. The van der Waals surface area contributed by atoms with Gasteiger partial charge in [0.15, 0.2) is 0 Å². The van der Waals surface area contributed by atoms with Gasteiger partial charge in [0.2, 0.25) is 0 Å². The second-order valence-corrected chi connectivity index (χ2v) is 6.46. The quantitative estimate of drug-likeness (QED) is 0.814. The topological polar surface area (TPSA) is 42.3 Å². The molecule has 0 aliphatic carbocycles. The van der Waals surface area contributed by atoms with Crippen LogP contribution in [0.2, 0.25) is 0 Å². The Balaban J connectivity index is 2.42. The molecule has 0 saturated carbocycles. The van der Waals surface area contributed by atoms with Crippen molar-refractivity contribution < 1.29 is 8.42 Å². The number of aromatic nitrogens is 1. The molecule has 1 aromatic heterocycles. The van der Waals surface area contributed by atoms with Crippen molar-refractivity contribution in [2.24, 2.45) is 7.05 Å². The summed E-state index contributed by atoms with van der Waals surface area (Å²) in [7, 11) is -0.233. The average molecular weight is 299 g/mol. The van der Waals surface area contributed by atoms with E-state index in [9.17, 15) is 8.42 Å². The summed E-state index contributed by atoms with van der Waals surface area (Å²) in [6, 6.07) is 10.6. The summed E-state index contributed by atoms with van der Waals surface area (Å²) >= 11 is 5.76. The van der Waals surface area contributed by atoms with E-state index in [0.29, 0.717) is 5.69 Å². The van der Waals surface area contributed by atoms with Gasteiger partial charge in [-0.25, -0.2) is 8.42 Å². The lowest BCUT2D eigenvalue weighted by Gasteiger charge is -2.18. The highest BCUT2D eigenvalue weighted by atomic mass is 35.5. The number of halogens is 1. The molecule has 2 aromatic rings. The monoisotopic (exact) mass is 298 g/mol. The number of aryl methyl sites for hydroxylation is 1. The predicted molar refractivity (Wildman–Crippen MR) is 77.0 cm³/mol. The largest absolute Gasteiger partial charge is 0.352 e. The summed E-state index contributed by atoms with van der Waals surface area (Å²) in [5.74, 6) is 0.279. The van der Waals surface area contributed by atoms with Gasteiger partial charge in [0.05, 0.1) is 11.6 Å². The number of hydrogen-bond acceptors (Lipinski definition) is 2. The van der Waals surface area contributed by atoms with Crippen molar-refractivity contribution in [3.8, 4) is 0 Å². The predicted octanol–water partition coefficient (Wildman–Crippen LogP) is 2.59. The van der Waals surface area contributed by atoms with E-state index in [4.69, 9.17) is 11.6 Å². The van der Waals surface area contributed by atoms with Crippen LogP contribution in [0.3, 0.4) is 0 Å². The minimum absolute atomic E-state index is 0.247. The molecule has 0 amide bonds. The van der Waals surface area contributed by atoms with E-state index in [1.807, 2.05) is 6.07 Å². The molecule has 0 unspecified atom stereocenters. The number of alkyl halides is 1. The standard InChI is InChI=1S/C13H15ClN2O2S/c1-15-10-13(8-12(15)9-14)19(17,18)16(2)11-6-4-3-5-7-11/h3-8,10H,9H2,1-2H3. The molecule has 0 spiro atoms. The molecule has 1 aromatic carbocycles. The summed E-state index contributed by atoms with van der Waals surface area (Å²) in [5, 5.41) is 0. The van der Waals surface area contributed by atoms with Crippen molar-refractivity contribution in [3.05, 3.63) is 48.3 Å². The summed E-state index contributed by atoms with van der Waals surface area (Å²) in [5.41, 5.74) is 1.39. The Morgan fingerprint density at radius 3 is 2.42 bits per heavy atom. The summed E-state index contributed by atoms with van der Waals surface area (Å²) in [4.78, 5) is 0.247. The number of para-hydroxylation sites is 1. The SMILES string of the molecule is CN(c1ccccc1)S(=O)(=O)c1cc(CCl)n(C)c1. The maximum Gasteiger partial charge on any atom is 0.265 e. The Kier molecular flexibility index (Phi) is 3.87. The zero-order valence-corrected chi connectivity index (χ0v) is 12.3. The molecule has 2 rings (SSSR count). The lowest BCUT2D eigenvalue weighted by molar-refractivity contribution is 0.594. The Bertz CT molecular complexity index is 665. The summed E-state index contributed by atoms with van der Waals surface area (Å²) in [6.07, 6.45) is 1.58. The fraction of sp³-hybridized carbons (Fsp3) is 0.231. The highest BCUT2D eigenvalue weighted by molar-refractivity contribution is 7.92. The first-order chi connectivity index (χ1) is 8.96. The van der Waals surface area contributed by atoms with E-state index >= 15 is 0 Å². The van der Waals surface area contributed by atoms with Crippen molar-refractivity contribution in [3.63, 3.8) is 0 Å². The second kappa shape index (κ2) is 5.27. The molecule has 6 heteroatoms. The first-order valence-corrected chi connectivity index (χ1v) is 7.69. The van der Waals surface area contributed by atoms with Gasteiger partial charge in [-0.15, -0.1) is 11.6 Å². The summed E-state index contributed by atoms with van der Waals surface area (Å²) in [6.45, 7) is 0. The van der Waals surface area contributed by atoms with Gasteiger partial charge in [-0.2, -0.15) is 0 Å². The van der Waals surface area contributed by atoms with Crippen molar-refractivity contribution >= 4 is 27.3 Å². The highest BCUT2D eigenvalue weighted by Gasteiger charge is 2.23. The van der Waals surface area contributed by atoms with Crippen molar-refractivity contribution in [2.75, 3.05) is 11.4 Å². The molecular weight excluding hydrogens is 284 g/mol. The van der Waals surface area contributed by atoms with E-state index < -0.39 is 10.0 Å². The maximum atomic E-state index is 12.5. The van der Waals surface area contributed by atoms with Crippen molar-refractivity contribution in [1.29, 1.82) is 0 Å². The Morgan fingerprint density at radius 2 is 1.89 bits per heavy atom. The molecule has 0 radical (unpaired) electrons. The highest BCUT2D eigenvalue weighted by Crippen LogP contribution is 2.23. The van der Waals surface area contributed by atoms with Gasteiger partial charge in [0, 0.05) is 26.0 Å². The number of benzene rings is 1. The zero-order chi connectivity index (χ0) is 14.0. The fourth-order valence-electron chi connectivity index (χ4n) is 1.79. The van der Waals surface area contributed by atoms with Crippen LogP contribution < -0.4 is 4.31 Å². The first kappa shape index (κ1) is 14.0. The van der Waals surface area contributed by atoms with Crippen LogP contribution >= 0.6 is 11.6 Å². The third-order valence-electron chi connectivity index (χ3n) is 3.00. The van der Waals surface area contributed by atoms with Gasteiger partial charge in [0.25, 0.3) is 10.0 Å². The molecule has 19 heavy (non-hydrogen) atoms. The zero-order valence-electron chi connectivity index (χ0n) is 10.7. The van der Waals surface area contributed by atoms with Gasteiger partial charge in [-0.1, -0.05) is 18.2 Å². The van der Waals surface area contributed by atoms with Gasteiger partial charge < -0.3 is 4.57 Å². The van der Waals surface area contributed by atoms with E-state index in [1.54, 1.807) is 48.1 Å². The Hall–Kier alpha value is -1.46. The van der Waals surface area contributed by atoms with Crippen molar-refractivity contribution in [1.82, 2.24) is 4.57 Å². The van der Waals surface area contributed by atoms with Gasteiger partial charge in [-0.05, 0) is 18.2 Å². The molecule has 0 saturated heterocycles. The van der Waals surface area contributed by atoms with Crippen LogP contribution in [-0.4, -0.2) is 20.0 Å². The van der Waals surface area contributed by atoms with Crippen molar-refractivity contribution in [2.45, 2.75) is 10.8 Å². The Labute approximate surface area is 118 Å². The van der Waals surface area contributed by atoms with Crippen LogP contribution in [0.5, 0.6) is 0 Å². The molecule has 0 bridgehead atoms. The molecular formula is C13H15ClN2O2S. The molecule has 1 heterocycles. The molecule has 0 aliphatic heterocycles. The van der Waals surface area contributed by atoms with E-state index in [1.165, 1.54) is 11.4 Å². The van der Waals surface area contributed by atoms with Crippen LogP contribution in [-0.2, 0) is 23.0 Å². The van der Waals surface area contributed by atoms with E-state index in [0.717, 1.165) is 5.69 Å². The Morgan fingerprint density at radius 1 is 1.26 bits per heavy atom. The molecule has 0 atom stereocenters. The van der Waals surface area contributed by atoms with Gasteiger partial charge in [0.1, 0.15) is 4.90 Å². The summed E-state index contributed by atoms with van der Waals surface area (Å²) < 4.78 is 28.0. The average Bonchev–Trinajstić information content (AvgIpc) is 2.81. The number of rotatable bonds is 4. The van der Waals surface area contributed by atoms with E-state index in [2.05, 4.69) is 0 Å². The molecule has 102 valence electrons. The van der Waals surface area contributed by atoms with Crippen LogP contribution in [0.15, 0.2) is 47.5 Å². The smallest absolute Gasteiger partial charge is 0.265 e. The van der Waals surface area contributed by atoms with Crippen LogP contribution in [0, 0.1) is 0 Å². The third-order valence-corrected chi connectivity index (χ3v) is 5.02. The molecule has 0 fully saturated rings. The number of nitrogens with zero attached hydrogens (tertiary/aromatic N) is 2. The van der Waals surface area contributed by atoms with Gasteiger partial charge in [-0.3, -0.25) is 4.31 Å². The van der Waals surface area contributed by atoms with Crippen LogP contribution in [0.1, 0.15) is 5.69 Å². The fourth-order valence-corrected chi connectivity index (χ4v) is 3.34. The number of sulfonamides is 1. The molecule has 0 aliphatic rings. The lowest BCUT2D eigenvalue weighted by Crippen LogP contribution is -2.26. The third kappa shape index (κ3) is 2.62. The maximum absolute atomic E-state index is 12.5. The number of hydrogen-bond donors (Lipinski definition) is 0. The molecule has 4 nitrogen and oxygen atoms in total. The van der Waals surface area contributed by atoms with E-state index in [-0.39, 0.29) is 10.8 Å². The van der Waals surface area contributed by atoms with Crippen LogP contribution in [0.4, 0.5) is 5.69 Å². The number of anilines is 1. The minimum Gasteiger partial charge on any atom is -0.352 e. The second-order valence-electron chi connectivity index (χ2n) is 4.22. The van der Waals surface area contributed by atoms with Crippen LogP contribution in [0.25, 0.3) is 0 Å². The minimum atomic E-state index is -3.55. The lowest BCUT2D eigenvalue weighted by atomic mass is 10.3. The first-order valence-electron chi connectivity index (χ1n) is 5.72. The van der Waals surface area contributed by atoms with Gasteiger partial charge >= 0.3 is 0 Å². The normalized spacial score (nSPS) is 11.5.